The number of nitrogens with zero attached hydrogens (tertiary/aromatic N) is 4. The summed E-state index contributed by atoms with van der Waals surface area (Å²) in [6.07, 6.45) is 4.64. The Kier molecular flexibility index (Phi) is 4.36. The molecule has 2 rings (SSSR count). The normalized spacial score (nSPS) is 10.6. The van der Waals surface area contributed by atoms with Gasteiger partial charge in [0.1, 0.15) is 0 Å². The zero-order valence-corrected chi connectivity index (χ0v) is 11.9. The van der Waals surface area contributed by atoms with Crippen LogP contribution >= 0.6 is 0 Å². The highest BCUT2D eigenvalue weighted by Crippen LogP contribution is 2.06. The molecule has 8 nitrogen and oxygen atoms in total. The van der Waals surface area contributed by atoms with Crippen LogP contribution in [0.3, 0.4) is 0 Å². The standard InChI is InChI=1S/C13H17N5O3/c1-9-10(6-15-17(9)2)5-14-13(21)11-7-16-18(8-11)4-3-12(19)20/h6-8H,3-5H2,1-2H3,(H,14,21)(H,19,20). The lowest BCUT2D eigenvalue weighted by Crippen LogP contribution is -2.22. The second kappa shape index (κ2) is 6.21. The molecule has 0 radical (unpaired) electrons. The molecule has 0 saturated heterocycles. The van der Waals surface area contributed by atoms with E-state index in [4.69, 9.17) is 5.11 Å². The van der Waals surface area contributed by atoms with Crippen LogP contribution in [0, 0.1) is 6.92 Å². The van der Waals surface area contributed by atoms with E-state index in [2.05, 4.69) is 15.5 Å². The second-order valence-corrected chi connectivity index (χ2v) is 4.70. The molecule has 0 fully saturated rings. The maximum atomic E-state index is 12.0. The second-order valence-electron chi connectivity index (χ2n) is 4.70. The minimum Gasteiger partial charge on any atom is -0.481 e. The molecule has 0 unspecified atom stereocenters. The highest BCUT2D eigenvalue weighted by Gasteiger charge is 2.10. The van der Waals surface area contributed by atoms with E-state index in [1.54, 1.807) is 10.9 Å². The first-order valence-electron chi connectivity index (χ1n) is 6.47. The zero-order chi connectivity index (χ0) is 15.4. The first-order chi connectivity index (χ1) is 9.97. The summed E-state index contributed by atoms with van der Waals surface area (Å²) in [6, 6.07) is 0. The van der Waals surface area contributed by atoms with E-state index in [1.807, 2.05) is 14.0 Å². The van der Waals surface area contributed by atoms with E-state index in [1.165, 1.54) is 17.1 Å². The summed E-state index contributed by atoms with van der Waals surface area (Å²) in [5.41, 5.74) is 2.35. The summed E-state index contributed by atoms with van der Waals surface area (Å²) < 4.78 is 3.18. The van der Waals surface area contributed by atoms with E-state index in [-0.39, 0.29) is 18.9 Å². The topological polar surface area (TPSA) is 102 Å². The van der Waals surface area contributed by atoms with Crippen molar-refractivity contribution in [3.63, 3.8) is 0 Å². The Morgan fingerprint density at radius 3 is 2.71 bits per heavy atom. The van der Waals surface area contributed by atoms with Crippen LogP contribution in [-0.4, -0.2) is 36.5 Å². The van der Waals surface area contributed by atoms with Crippen LogP contribution < -0.4 is 5.32 Å². The molecule has 1 amide bonds. The molecule has 0 saturated carbocycles. The fourth-order valence-electron chi connectivity index (χ4n) is 1.81. The summed E-state index contributed by atoms with van der Waals surface area (Å²) in [4.78, 5) is 22.5. The van der Waals surface area contributed by atoms with Crippen molar-refractivity contribution in [2.24, 2.45) is 7.05 Å². The third kappa shape index (κ3) is 3.68. The average Bonchev–Trinajstić information content (AvgIpc) is 3.03. The highest BCUT2D eigenvalue weighted by atomic mass is 16.4. The van der Waals surface area contributed by atoms with Crippen LogP contribution in [0.25, 0.3) is 0 Å². The largest absolute Gasteiger partial charge is 0.481 e. The van der Waals surface area contributed by atoms with Gasteiger partial charge in [-0.15, -0.1) is 0 Å². The van der Waals surface area contributed by atoms with E-state index in [9.17, 15) is 9.59 Å². The molecule has 2 N–H and O–H groups in total. The van der Waals surface area contributed by atoms with E-state index in [0.29, 0.717) is 12.1 Å². The van der Waals surface area contributed by atoms with Crippen LogP contribution in [0.2, 0.25) is 0 Å². The predicted octanol–water partition coefficient (Wildman–Crippen LogP) is 0.330. The van der Waals surface area contributed by atoms with Gasteiger partial charge in [-0.05, 0) is 6.92 Å². The van der Waals surface area contributed by atoms with Gasteiger partial charge in [-0.25, -0.2) is 0 Å². The Bertz CT molecular complexity index is 659. The quantitative estimate of drug-likeness (QED) is 0.798. The van der Waals surface area contributed by atoms with Crippen LogP contribution in [0.15, 0.2) is 18.6 Å². The number of aromatic nitrogens is 4. The number of carbonyl (C=O) groups is 2. The third-order valence-corrected chi connectivity index (χ3v) is 3.23. The number of hydrogen-bond donors (Lipinski definition) is 2. The van der Waals surface area contributed by atoms with Crippen LogP contribution in [-0.2, 0) is 24.9 Å². The molecular weight excluding hydrogens is 274 g/mol. The number of carboxylic acid groups (broad SMARTS) is 1. The van der Waals surface area contributed by atoms with Crippen LogP contribution in [0.1, 0.15) is 28.0 Å². The molecule has 2 heterocycles. The molecule has 2 aromatic heterocycles. The van der Waals surface area contributed by atoms with Gasteiger partial charge >= 0.3 is 5.97 Å². The molecule has 112 valence electrons. The first-order valence-corrected chi connectivity index (χ1v) is 6.47. The highest BCUT2D eigenvalue weighted by molar-refractivity contribution is 5.93. The van der Waals surface area contributed by atoms with Gasteiger partial charge in [0.15, 0.2) is 0 Å². The monoisotopic (exact) mass is 291 g/mol. The molecule has 0 aliphatic heterocycles. The third-order valence-electron chi connectivity index (χ3n) is 3.23. The molecule has 0 aliphatic carbocycles. The minimum atomic E-state index is -0.899. The predicted molar refractivity (Wildman–Crippen MR) is 73.6 cm³/mol. The van der Waals surface area contributed by atoms with Gasteiger partial charge in [-0.3, -0.25) is 19.0 Å². The fraction of sp³-hybridized carbons (Fsp3) is 0.385. The Labute approximate surface area is 121 Å². The van der Waals surface area contributed by atoms with E-state index >= 15 is 0 Å². The molecule has 21 heavy (non-hydrogen) atoms. The summed E-state index contributed by atoms with van der Waals surface area (Å²) in [5.74, 6) is -1.15. The van der Waals surface area contributed by atoms with Gasteiger partial charge in [-0.2, -0.15) is 10.2 Å². The fourth-order valence-corrected chi connectivity index (χ4v) is 1.81. The number of carboxylic acids is 1. The molecule has 0 aliphatic rings. The molecule has 0 atom stereocenters. The molecular formula is C13H17N5O3. The van der Waals surface area contributed by atoms with Gasteiger partial charge in [0.2, 0.25) is 0 Å². The van der Waals surface area contributed by atoms with Crippen molar-refractivity contribution >= 4 is 11.9 Å². The molecule has 8 heteroatoms. The molecule has 2 aromatic rings. The summed E-state index contributed by atoms with van der Waals surface area (Å²) >= 11 is 0. The Morgan fingerprint density at radius 1 is 1.33 bits per heavy atom. The summed E-state index contributed by atoms with van der Waals surface area (Å²) in [5, 5.41) is 19.5. The maximum absolute atomic E-state index is 12.0. The van der Waals surface area contributed by atoms with Crippen molar-refractivity contribution in [3.05, 3.63) is 35.4 Å². The van der Waals surface area contributed by atoms with Crippen molar-refractivity contribution in [1.82, 2.24) is 24.9 Å². The summed E-state index contributed by atoms with van der Waals surface area (Å²) in [6.45, 7) is 2.56. The SMILES string of the molecule is Cc1c(CNC(=O)c2cnn(CCC(=O)O)c2)cnn1C. The number of nitrogens with one attached hydrogen (secondary N) is 1. The van der Waals surface area contributed by atoms with Crippen molar-refractivity contribution in [3.8, 4) is 0 Å². The molecule has 0 spiro atoms. The van der Waals surface area contributed by atoms with E-state index < -0.39 is 5.97 Å². The van der Waals surface area contributed by atoms with Crippen molar-refractivity contribution in [2.75, 3.05) is 0 Å². The van der Waals surface area contributed by atoms with Crippen molar-refractivity contribution in [1.29, 1.82) is 0 Å². The average molecular weight is 291 g/mol. The lowest BCUT2D eigenvalue weighted by molar-refractivity contribution is -0.137. The Morgan fingerprint density at radius 2 is 2.10 bits per heavy atom. The molecule has 0 bridgehead atoms. The van der Waals surface area contributed by atoms with E-state index in [0.717, 1.165) is 11.3 Å². The van der Waals surface area contributed by atoms with Crippen LogP contribution in [0.5, 0.6) is 0 Å². The Balaban J connectivity index is 1.91. The number of rotatable bonds is 6. The number of carbonyl (C=O) groups excluding carboxylic acids is 1. The van der Waals surface area contributed by atoms with Gasteiger partial charge in [0.25, 0.3) is 5.91 Å². The minimum absolute atomic E-state index is 0.0301. The number of hydrogen-bond acceptors (Lipinski definition) is 4. The number of aliphatic carboxylic acids is 1. The van der Waals surface area contributed by atoms with Crippen LogP contribution in [0.4, 0.5) is 0 Å². The summed E-state index contributed by atoms with van der Waals surface area (Å²) in [7, 11) is 1.84. The number of amides is 1. The first kappa shape index (κ1) is 14.8. The molecule has 0 aromatic carbocycles. The lowest BCUT2D eigenvalue weighted by atomic mass is 10.2. The van der Waals surface area contributed by atoms with Gasteiger partial charge in [0, 0.05) is 31.0 Å². The van der Waals surface area contributed by atoms with Gasteiger partial charge < -0.3 is 10.4 Å². The zero-order valence-electron chi connectivity index (χ0n) is 11.9. The van der Waals surface area contributed by atoms with Crippen molar-refractivity contribution in [2.45, 2.75) is 26.4 Å². The van der Waals surface area contributed by atoms with Gasteiger partial charge in [0.05, 0.1) is 30.9 Å². The van der Waals surface area contributed by atoms with Gasteiger partial charge in [-0.1, -0.05) is 0 Å². The Hall–Kier alpha value is -2.64. The lowest BCUT2D eigenvalue weighted by Gasteiger charge is -2.03. The number of aryl methyl sites for hydroxylation is 2. The van der Waals surface area contributed by atoms with Crippen molar-refractivity contribution < 1.29 is 14.7 Å². The maximum Gasteiger partial charge on any atom is 0.305 e. The smallest absolute Gasteiger partial charge is 0.305 e.